The standard InChI is InChI=1S/C22H30FNO/c1-17(2)20(21(25)22(3,4)23)24(15-18-11-7-5-8-12-18)16-19-13-9-6-10-14-19/h5-14,17,20-21,25H,15-16H2,1-4H3/t20-,21+/m0/s1. The van der Waals surface area contributed by atoms with Gasteiger partial charge in [-0.2, -0.15) is 0 Å². The van der Waals surface area contributed by atoms with E-state index in [0.717, 1.165) is 11.1 Å². The zero-order valence-electron chi connectivity index (χ0n) is 15.7. The van der Waals surface area contributed by atoms with Crippen LogP contribution in [0.5, 0.6) is 0 Å². The molecule has 0 aliphatic carbocycles. The molecule has 0 saturated carbocycles. The van der Waals surface area contributed by atoms with Gasteiger partial charge in [-0.05, 0) is 30.9 Å². The molecule has 0 bridgehead atoms. The van der Waals surface area contributed by atoms with Crippen molar-refractivity contribution in [2.45, 2.75) is 58.6 Å². The number of rotatable bonds is 8. The van der Waals surface area contributed by atoms with Crippen molar-refractivity contribution in [3.63, 3.8) is 0 Å². The average Bonchev–Trinajstić information content (AvgIpc) is 2.55. The van der Waals surface area contributed by atoms with Crippen LogP contribution >= 0.6 is 0 Å². The summed E-state index contributed by atoms with van der Waals surface area (Å²) in [7, 11) is 0. The molecular formula is C22H30FNO. The molecule has 1 N–H and O–H groups in total. The van der Waals surface area contributed by atoms with Gasteiger partial charge in [-0.15, -0.1) is 0 Å². The number of halogens is 1. The first-order valence-corrected chi connectivity index (χ1v) is 8.98. The van der Waals surface area contributed by atoms with E-state index in [1.54, 1.807) is 0 Å². The van der Waals surface area contributed by atoms with Gasteiger partial charge in [0.15, 0.2) is 0 Å². The number of nitrogens with zero attached hydrogens (tertiary/aromatic N) is 1. The molecule has 0 aromatic heterocycles. The van der Waals surface area contributed by atoms with E-state index in [-0.39, 0.29) is 12.0 Å². The van der Waals surface area contributed by atoms with Crippen molar-refractivity contribution < 1.29 is 9.50 Å². The minimum Gasteiger partial charge on any atom is -0.388 e. The summed E-state index contributed by atoms with van der Waals surface area (Å²) in [5.41, 5.74) is 0.668. The van der Waals surface area contributed by atoms with Crippen LogP contribution < -0.4 is 0 Å². The number of aliphatic hydroxyl groups excluding tert-OH is 1. The maximum Gasteiger partial charge on any atom is 0.132 e. The zero-order valence-corrected chi connectivity index (χ0v) is 15.7. The van der Waals surface area contributed by atoms with Gasteiger partial charge in [-0.3, -0.25) is 4.90 Å². The Morgan fingerprint density at radius 1 is 0.880 bits per heavy atom. The summed E-state index contributed by atoms with van der Waals surface area (Å²) in [5, 5.41) is 10.7. The Kier molecular flexibility index (Phi) is 6.74. The topological polar surface area (TPSA) is 23.5 Å². The minimum absolute atomic E-state index is 0.123. The SMILES string of the molecule is CC(C)[C@@H]([C@@H](O)C(C)(C)F)N(Cc1ccccc1)Cc1ccccc1. The third kappa shape index (κ3) is 5.65. The molecule has 136 valence electrons. The molecule has 2 aromatic carbocycles. The van der Waals surface area contributed by atoms with Gasteiger partial charge in [0, 0.05) is 19.1 Å². The lowest BCUT2D eigenvalue weighted by atomic mass is 9.87. The Morgan fingerprint density at radius 3 is 1.60 bits per heavy atom. The van der Waals surface area contributed by atoms with Crippen molar-refractivity contribution in [3.05, 3.63) is 71.8 Å². The number of hydrogen-bond acceptors (Lipinski definition) is 2. The van der Waals surface area contributed by atoms with E-state index in [0.29, 0.717) is 13.1 Å². The third-order valence-corrected chi connectivity index (χ3v) is 4.59. The molecule has 0 saturated heterocycles. The maximum absolute atomic E-state index is 14.6. The normalized spacial score (nSPS) is 14.7. The predicted molar refractivity (Wildman–Crippen MR) is 102 cm³/mol. The van der Waals surface area contributed by atoms with Gasteiger partial charge in [0.25, 0.3) is 0 Å². The first-order valence-electron chi connectivity index (χ1n) is 8.98. The monoisotopic (exact) mass is 343 g/mol. The summed E-state index contributed by atoms with van der Waals surface area (Å²) in [6.07, 6.45) is -1.06. The molecule has 0 aliphatic heterocycles. The fourth-order valence-electron chi connectivity index (χ4n) is 3.29. The van der Waals surface area contributed by atoms with E-state index in [4.69, 9.17) is 0 Å². The average molecular weight is 343 g/mol. The first-order chi connectivity index (χ1) is 11.8. The van der Waals surface area contributed by atoms with Gasteiger partial charge in [0.2, 0.25) is 0 Å². The molecule has 0 unspecified atom stereocenters. The smallest absolute Gasteiger partial charge is 0.132 e. The molecule has 0 amide bonds. The van der Waals surface area contributed by atoms with Crippen molar-refractivity contribution in [1.29, 1.82) is 0 Å². The van der Waals surface area contributed by atoms with Crippen LogP contribution in [0.25, 0.3) is 0 Å². The van der Waals surface area contributed by atoms with Crippen molar-refractivity contribution >= 4 is 0 Å². The minimum atomic E-state index is -1.65. The second-order valence-electron chi connectivity index (χ2n) is 7.62. The molecule has 0 heterocycles. The second kappa shape index (κ2) is 8.59. The number of alkyl halides is 1. The molecule has 2 aromatic rings. The van der Waals surface area contributed by atoms with Crippen molar-refractivity contribution in [2.24, 2.45) is 5.92 Å². The summed E-state index contributed by atoms with van der Waals surface area (Å²) in [4.78, 5) is 2.20. The maximum atomic E-state index is 14.6. The van der Waals surface area contributed by atoms with Gasteiger partial charge < -0.3 is 5.11 Å². The second-order valence-corrected chi connectivity index (χ2v) is 7.62. The van der Waals surface area contributed by atoms with Crippen LogP contribution in [-0.4, -0.2) is 27.8 Å². The first kappa shape index (κ1) is 19.6. The lowest BCUT2D eigenvalue weighted by Gasteiger charge is -2.41. The molecule has 0 radical (unpaired) electrons. The molecule has 25 heavy (non-hydrogen) atoms. The number of aliphatic hydroxyl groups is 1. The van der Waals surface area contributed by atoms with Crippen LogP contribution in [0.4, 0.5) is 4.39 Å². The third-order valence-electron chi connectivity index (χ3n) is 4.59. The Bertz CT molecular complexity index is 580. The molecule has 2 atom stereocenters. The molecule has 3 heteroatoms. The molecular weight excluding hydrogens is 313 g/mol. The van der Waals surface area contributed by atoms with Crippen molar-refractivity contribution in [1.82, 2.24) is 4.90 Å². The van der Waals surface area contributed by atoms with Gasteiger partial charge >= 0.3 is 0 Å². The Hall–Kier alpha value is -1.71. The van der Waals surface area contributed by atoms with Gasteiger partial charge in [0.05, 0.1) is 0 Å². The van der Waals surface area contributed by atoms with E-state index in [1.165, 1.54) is 13.8 Å². The van der Waals surface area contributed by atoms with Crippen LogP contribution in [0.15, 0.2) is 60.7 Å². The number of hydrogen-bond donors (Lipinski definition) is 1. The van der Waals surface area contributed by atoms with Crippen LogP contribution in [0.1, 0.15) is 38.8 Å². The molecule has 0 spiro atoms. The fourth-order valence-corrected chi connectivity index (χ4v) is 3.29. The largest absolute Gasteiger partial charge is 0.388 e. The van der Waals surface area contributed by atoms with E-state index in [9.17, 15) is 9.50 Å². The Morgan fingerprint density at radius 2 is 1.28 bits per heavy atom. The highest BCUT2D eigenvalue weighted by molar-refractivity contribution is 5.17. The van der Waals surface area contributed by atoms with Crippen LogP contribution in [-0.2, 0) is 13.1 Å². The van der Waals surface area contributed by atoms with Crippen LogP contribution in [0.2, 0.25) is 0 Å². The Labute approximate surface area is 151 Å². The fraction of sp³-hybridized carbons (Fsp3) is 0.455. The van der Waals surface area contributed by atoms with E-state index in [1.807, 2.05) is 50.2 Å². The summed E-state index contributed by atoms with van der Waals surface area (Å²) in [6, 6.07) is 20.0. The van der Waals surface area contributed by atoms with E-state index in [2.05, 4.69) is 29.2 Å². The summed E-state index contributed by atoms with van der Waals surface area (Å²) in [6.45, 7) is 8.34. The van der Waals surface area contributed by atoms with Gasteiger partial charge in [-0.1, -0.05) is 74.5 Å². The molecule has 2 rings (SSSR count). The lowest BCUT2D eigenvalue weighted by Crippen LogP contribution is -2.53. The predicted octanol–water partition coefficient (Wildman–Crippen LogP) is 4.82. The highest BCUT2D eigenvalue weighted by Gasteiger charge is 2.39. The lowest BCUT2D eigenvalue weighted by molar-refractivity contribution is -0.0648. The molecule has 0 fully saturated rings. The van der Waals surface area contributed by atoms with Gasteiger partial charge in [0.1, 0.15) is 11.8 Å². The van der Waals surface area contributed by atoms with Crippen LogP contribution in [0.3, 0.4) is 0 Å². The highest BCUT2D eigenvalue weighted by Crippen LogP contribution is 2.28. The van der Waals surface area contributed by atoms with Crippen LogP contribution in [0, 0.1) is 5.92 Å². The van der Waals surface area contributed by atoms with E-state index >= 15 is 0 Å². The molecule has 2 nitrogen and oxygen atoms in total. The number of benzene rings is 2. The zero-order chi connectivity index (χ0) is 18.4. The quantitative estimate of drug-likeness (QED) is 0.742. The van der Waals surface area contributed by atoms with Crippen molar-refractivity contribution in [3.8, 4) is 0 Å². The summed E-state index contributed by atoms with van der Waals surface area (Å²) in [5.74, 6) is 0.123. The van der Waals surface area contributed by atoms with Gasteiger partial charge in [-0.25, -0.2) is 4.39 Å². The van der Waals surface area contributed by atoms with E-state index < -0.39 is 11.8 Å². The Balaban J connectivity index is 2.33. The summed E-state index contributed by atoms with van der Waals surface area (Å²) >= 11 is 0. The molecule has 0 aliphatic rings. The summed E-state index contributed by atoms with van der Waals surface area (Å²) < 4.78 is 14.6. The van der Waals surface area contributed by atoms with Crippen molar-refractivity contribution in [2.75, 3.05) is 0 Å². The highest BCUT2D eigenvalue weighted by atomic mass is 19.1.